The first-order chi connectivity index (χ1) is 13.5. The zero-order valence-corrected chi connectivity index (χ0v) is 17.4. The molecule has 0 spiro atoms. The van der Waals surface area contributed by atoms with Crippen LogP contribution in [0.4, 0.5) is 11.4 Å². The van der Waals surface area contributed by atoms with Crippen molar-refractivity contribution >= 4 is 28.9 Å². The Morgan fingerprint density at radius 3 is 2.75 bits per heavy atom. The van der Waals surface area contributed by atoms with Gasteiger partial charge in [-0.15, -0.1) is 0 Å². The van der Waals surface area contributed by atoms with E-state index in [0.717, 1.165) is 48.9 Å². The lowest BCUT2D eigenvalue weighted by molar-refractivity contribution is -0.880. The van der Waals surface area contributed by atoms with E-state index in [2.05, 4.69) is 17.3 Å². The van der Waals surface area contributed by atoms with E-state index >= 15 is 0 Å². The first kappa shape index (κ1) is 20.5. The summed E-state index contributed by atoms with van der Waals surface area (Å²) in [5.74, 6) is 0.825. The number of quaternary nitrogens is 1. The fourth-order valence-electron chi connectivity index (χ4n) is 3.35. The van der Waals surface area contributed by atoms with Gasteiger partial charge in [-0.2, -0.15) is 0 Å². The van der Waals surface area contributed by atoms with Gasteiger partial charge >= 0.3 is 0 Å². The zero-order valence-electron chi connectivity index (χ0n) is 16.6. The Hall–Kier alpha value is -2.24. The number of rotatable bonds is 7. The van der Waals surface area contributed by atoms with E-state index in [4.69, 9.17) is 16.3 Å². The molecular formula is C22H29ClN3O2+. The molecule has 2 aromatic carbocycles. The predicted octanol–water partition coefficient (Wildman–Crippen LogP) is 2.78. The van der Waals surface area contributed by atoms with Crippen LogP contribution in [0.2, 0.25) is 5.02 Å². The second-order valence-electron chi connectivity index (χ2n) is 7.42. The lowest BCUT2D eigenvalue weighted by atomic mass is 10.2. The van der Waals surface area contributed by atoms with Crippen LogP contribution in [0.25, 0.3) is 0 Å². The number of nitrogens with zero attached hydrogens (tertiary/aromatic N) is 1. The van der Waals surface area contributed by atoms with E-state index in [0.29, 0.717) is 24.5 Å². The van der Waals surface area contributed by atoms with Crippen molar-refractivity contribution < 1.29 is 14.4 Å². The summed E-state index contributed by atoms with van der Waals surface area (Å²) in [7, 11) is 2.21. The number of carbonyl (C=O) groups excluding carboxylic acids is 1. The minimum atomic E-state index is -0.0175. The van der Waals surface area contributed by atoms with Gasteiger partial charge in [0.05, 0.1) is 51.2 Å². The maximum atomic E-state index is 12.4. The number of nitrogens with one attached hydrogen (secondary N) is 2. The Bertz CT molecular complexity index is 804. The topological polar surface area (TPSA) is 46.0 Å². The predicted molar refractivity (Wildman–Crippen MR) is 115 cm³/mol. The molecule has 28 heavy (non-hydrogen) atoms. The molecule has 0 bridgehead atoms. The molecule has 1 fully saturated rings. The van der Waals surface area contributed by atoms with Gasteiger partial charge in [-0.3, -0.25) is 4.79 Å². The van der Waals surface area contributed by atoms with Crippen LogP contribution in [0.15, 0.2) is 42.5 Å². The number of benzene rings is 2. The maximum absolute atomic E-state index is 12.4. The maximum Gasteiger partial charge on any atom is 0.224 e. The van der Waals surface area contributed by atoms with E-state index in [-0.39, 0.29) is 5.91 Å². The van der Waals surface area contributed by atoms with Crippen molar-refractivity contribution in [3.63, 3.8) is 0 Å². The minimum Gasteiger partial charge on any atom is -0.494 e. The summed E-state index contributed by atoms with van der Waals surface area (Å²) >= 11 is 6.18. The van der Waals surface area contributed by atoms with E-state index in [1.54, 1.807) is 0 Å². The summed E-state index contributed by atoms with van der Waals surface area (Å²) in [6, 6.07) is 13.7. The average Bonchev–Trinajstić information content (AvgIpc) is 2.66. The Kier molecular flexibility index (Phi) is 7.18. The summed E-state index contributed by atoms with van der Waals surface area (Å²) in [6.45, 7) is 6.67. The lowest BCUT2D eigenvalue weighted by Crippen LogP contribution is -3.12. The first-order valence-electron chi connectivity index (χ1n) is 9.86. The van der Waals surface area contributed by atoms with E-state index < -0.39 is 0 Å². The van der Waals surface area contributed by atoms with E-state index in [9.17, 15) is 4.79 Å². The van der Waals surface area contributed by atoms with Crippen LogP contribution in [0.5, 0.6) is 5.75 Å². The number of piperazine rings is 1. The summed E-state index contributed by atoms with van der Waals surface area (Å²) < 4.78 is 5.72. The number of ether oxygens (including phenoxy) is 1. The van der Waals surface area contributed by atoms with Gasteiger partial charge in [-0.05, 0) is 49.2 Å². The number of anilines is 2. The van der Waals surface area contributed by atoms with Crippen LogP contribution in [0, 0.1) is 6.92 Å². The molecule has 3 rings (SSSR count). The molecule has 0 radical (unpaired) electrons. The number of likely N-dealkylation sites (N-methyl/N-ethyl adjacent to an activating group) is 1. The molecule has 5 nitrogen and oxygen atoms in total. The van der Waals surface area contributed by atoms with Gasteiger partial charge in [0.25, 0.3) is 0 Å². The van der Waals surface area contributed by atoms with Gasteiger partial charge < -0.3 is 19.9 Å². The number of amides is 1. The van der Waals surface area contributed by atoms with Crippen LogP contribution >= 0.6 is 11.6 Å². The second kappa shape index (κ2) is 9.80. The van der Waals surface area contributed by atoms with Crippen molar-refractivity contribution in [2.24, 2.45) is 0 Å². The van der Waals surface area contributed by atoms with E-state index in [1.807, 2.05) is 49.4 Å². The third kappa shape index (κ3) is 5.88. The van der Waals surface area contributed by atoms with Crippen molar-refractivity contribution in [2.75, 3.05) is 50.1 Å². The molecule has 2 N–H and O–H groups in total. The SMILES string of the molecule is Cc1cccc(OCCCC(=O)Nc2cc(Cl)ccc2N2CC[NH+](C)CC2)c1. The molecule has 150 valence electrons. The van der Waals surface area contributed by atoms with Gasteiger partial charge in [0.1, 0.15) is 5.75 Å². The number of aryl methyl sites for hydroxylation is 1. The fraction of sp³-hybridized carbons (Fsp3) is 0.409. The van der Waals surface area contributed by atoms with Crippen LogP contribution in [-0.4, -0.2) is 45.7 Å². The number of hydrogen-bond donors (Lipinski definition) is 2. The molecule has 1 amide bonds. The van der Waals surface area contributed by atoms with Crippen molar-refractivity contribution in [2.45, 2.75) is 19.8 Å². The number of halogens is 1. The second-order valence-corrected chi connectivity index (χ2v) is 7.86. The third-order valence-electron chi connectivity index (χ3n) is 5.00. The summed E-state index contributed by atoms with van der Waals surface area (Å²) in [5.41, 5.74) is 2.99. The fourth-order valence-corrected chi connectivity index (χ4v) is 3.53. The molecule has 6 heteroatoms. The van der Waals surface area contributed by atoms with Crippen molar-refractivity contribution in [3.8, 4) is 5.75 Å². The summed E-state index contributed by atoms with van der Waals surface area (Å²) in [6.07, 6.45) is 1.07. The van der Waals surface area contributed by atoms with Crippen LogP contribution in [0.1, 0.15) is 18.4 Å². The van der Waals surface area contributed by atoms with Crippen LogP contribution < -0.4 is 19.9 Å². The molecule has 1 aliphatic rings. The van der Waals surface area contributed by atoms with Gasteiger partial charge in [0, 0.05) is 11.4 Å². The smallest absolute Gasteiger partial charge is 0.224 e. The molecular weight excluding hydrogens is 374 g/mol. The third-order valence-corrected chi connectivity index (χ3v) is 5.23. The largest absolute Gasteiger partial charge is 0.494 e. The van der Waals surface area contributed by atoms with Crippen molar-refractivity contribution in [1.29, 1.82) is 0 Å². The standard InChI is InChI=1S/C22H28ClN3O2/c1-17-5-3-6-19(15-17)28-14-4-7-22(27)24-20-16-18(23)8-9-21(20)26-12-10-25(2)11-13-26/h3,5-6,8-9,15-16H,4,7,10-14H2,1-2H3,(H,24,27)/p+1. The molecule has 0 atom stereocenters. The van der Waals surface area contributed by atoms with Gasteiger partial charge in [0.2, 0.25) is 5.91 Å². The van der Waals surface area contributed by atoms with Gasteiger partial charge in [-0.1, -0.05) is 23.7 Å². The molecule has 0 unspecified atom stereocenters. The molecule has 2 aromatic rings. The Morgan fingerprint density at radius 1 is 1.21 bits per heavy atom. The molecule has 0 aliphatic carbocycles. The van der Waals surface area contributed by atoms with Crippen molar-refractivity contribution in [1.82, 2.24) is 0 Å². The van der Waals surface area contributed by atoms with Crippen LogP contribution in [0.3, 0.4) is 0 Å². The lowest BCUT2D eigenvalue weighted by Gasteiger charge is -2.33. The Morgan fingerprint density at radius 2 is 2.00 bits per heavy atom. The normalized spacial score (nSPS) is 14.8. The van der Waals surface area contributed by atoms with E-state index in [1.165, 1.54) is 4.90 Å². The van der Waals surface area contributed by atoms with Crippen molar-refractivity contribution in [3.05, 3.63) is 53.1 Å². The highest BCUT2D eigenvalue weighted by Gasteiger charge is 2.20. The van der Waals surface area contributed by atoms with Gasteiger partial charge in [-0.25, -0.2) is 0 Å². The summed E-state index contributed by atoms with van der Waals surface area (Å²) in [4.78, 5) is 16.3. The molecule has 0 saturated carbocycles. The molecule has 1 heterocycles. The molecule has 0 aromatic heterocycles. The minimum absolute atomic E-state index is 0.0175. The first-order valence-corrected chi connectivity index (χ1v) is 10.2. The number of hydrogen-bond acceptors (Lipinski definition) is 3. The quantitative estimate of drug-likeness (QED) is 0.700. The number of carbonyl (C=O) groups is 1. The Balaban J connectivity index is 1.52. The van der Waals surface area contributed by atoms with Gasteiger partial charge in [0.15, 0.2) is 0 Å². The monoisotopic (exact) mass is 402 g/mol. The Labute approximate surface area is 172 Å². The average molecular weight is 403 g/mol. The molecule has 1 aliphatic heterocycles. The highest BCUT2D eigenvalue weighted by atomic mass is 35.5. The van der Waals surface area contributed by atoms with Crippen LogP contribution in [-0.2, 0) is 4.79 Å². The highest BCUT2D eigenvalue weighted by Crippen LogP contribution is 2.29. The zero-order chi connectivity index (χ0) is 19.9. The summed E-state index contributed by atoms with van der Waals surface area (Å²) in [5, 5.41) is 3.67. The molecule has 1 saturated heterocycles. The highest BCUT2D eigenvalue weighted by molar-refractivity contribution is 6.31.